The summed E-state index contributed by atoms with van der Waals surface area (Å²) in [5.41, 5.74) is 7.27. The normalized spacial score (nSPS) is 14.4. The van der Waals surface area contributed by atoms with Crippen LogP contribution in [0.4, 0.5) is 0 Å². The van der Waals surface area contributed by atoms with Gasteiger partial charge in [-0.05, 0) is 37.7 Å². The minimum atomic E-state index is 0.0355. The molecule has 0 aromatic carbocycles. The Morgan fingerprint density at radius 2 is 2.15 bits per heavy atom. The molecule has 2 rings (SSSR count). The van der Waals surface area contributed by atoms with E-state index >= 15 is 0 Å². The second-order valence-electron chi connectivity index (χ2n) is 4.83. The van der Waals surface area contributed by atoms with Crippen molar-refractivity contribution in [2.45, 2.75) is 32.5 Å². The number of halogens is 1. The Labute approximate surface area is 129 Å². The molecule has 5 heteroatoms. The highest BCUT2D eigenvalue weighted by Crippen LogP contribution is 2.32. The summed E-state index contributed by atoms with van der Waals surface area (Å²) in [4.78, 5) is 7.96. The van der Waals surface area contributed by atoms with Crippen LogP contribution in [0.5, 0.6) is 0 Å². The van der Waals surface area contributed by atoms with Crippen molar-refractivity contribution in [1.29, 1.82) is 0 Å². The summed E-state index contributed by atoms with van der Waals surface area (Å²) in [5, 5.41) is 0. The van der Waals surface area contributed by atoms with Gasteiger partial charge in [0.25, 0.3) is 0 Å². The molecule has 0 spiro atoms. The van der Waals surface area contributed by atoms with Crippen LogP contribution in [0.1, 0.15) is 30.5 Å². The van der Waals surface area contributed by atoms with Crippen LogP contribution in [0, 0.1) is 0 Å². The van der Waals surface area contributed by atoms with Crippen molar-refractivity contribution in [3.8, 4) is 0 Å². The third-order valence-electron chi connectivity index (χ3n) is 3.27. The van der Waals surface area contributed by atoms with Gasteiger partial charge >= 0.3 is 0 Å². The van der Waals surface area contributed by atoms with Gasteiger partial charge in [0.15, 0.2) is 0 Å². The second kappa shape index (κ2) is 7.18. The van der Waals surface area contributed by atoms with Crippen molar-refractivity contribution in [3.05, 3.63) is 51.4 Å². The van der Waals surface area contributed by atoms with Crippen LogP contribution in [0.2, 0.25) is 4.34 Å². The van der Waals surface area contributed by atoms with E-state index < -0.39 is 0 Å². The summed E-state index contributed by atoms with van der Waals surface area (Å²) < 4.78 is 0.805. The summed E-state index contributed by atoms with van der Waals surface area (Å²) in [7, 11) is 0. The highest BCUT2D eigenvalue weighted by Gasteiger charge is 2.24. The van der Waals surface area contributed by atoms with Crippen LogP contribution in [-0.2, 0) is 6.54 Å². The fourth-order valence-electron chi connectivity index (χ4n) is 2.37. The van der Waals surface area contributed by atoms with Gasteiger partial charge in [0.2, 0.25) is 0 Å². The van der Waals surface area contributed by atoms with E-state index in [9.17, 15) is 0 Å². The highest BCUT2D eigenvalue weighted by atomic mass is 35.5. The molecular weight excluding hydrogens is 290 g/mol. The predicted octanol–water partition coefficient (Wildman–Crippen LogP) is 3.71. The number of hydrogen-bond acceptors (Lipinski definition) is 4. The van der Waals surface area contributed by atoms with Crippen LogP contribution in [-0.4, -0.2) is 22.5 Å². The maximum atomic E-state index is 6.21. The maximum absolute atomic E-state index is 6.21. The fourth-order valence-corrected chi connectivity index (χ4v) is 3.68. The lowest BCUT2D eigenvalue weighted by Crippen LogP contribution is -2.38. The fraction of sp³-hybridized carbons (Fsp3) is 0.400. The molecule has 3 nitrogen and oxygen atoms in total. The summed E-state index contributed by atoms with van der Waals surface area (Å²) >= 11 is 7.67. The average Bonchev–Trinajstić information content (AvgIpc) is 2.85. The number of thiophene rings is 1. The van der Waals surface area contributed by atoms with E-state index in [2.05, 4.69) is 22.9 Å². The van der Waals surface area contributed by atoms with E-state index in [0.29, 0.717) is 0 Å². The molecule has 0 saturated heterocycles. The summed E-state index contributed by atoms with van der Waals surface area (Å²) in [6.07, 6.45) is 1.83. The molecule has 0 aliphatic heterocycles. The van der Waals surface area contributed by atoms with E-state index in [1.54, 1.807) is 11.3 Å². The second-order valence-corrected chi connectivity index (χ2v) is 6.58. The lowest BCUT2D eigenvalue weighted by molar-refractivity contribution is 0.178. The zero-order valence-electron chi connectivity index (χ0n) is 11.8. The number of nitrogens with zero attached hydrogens (tertiary/aromatic N) is 2. The average molecular weight is 310 g/mol. The smallest absolute Gasteiger partial charge is 0.0931 e. The van der Waals surface area contributed by atoms with Crippen molar-refractivity contribution >= 4 is 22.9 Å². The van der Waals surface area contributed by atoms with Crippen LogP contribution >= 0.6 is 22.9 Å². The molecule has 2 aromatic rings. The van der Waals surface area contributed by atoms with Crippen LogP contribution in [0.15, 0.2) is 36.5 Å². The first-order chi connectivity index (χ1) is 9.61. The SMILES string of the molecule is CCN(Cc1ccccn1)C(c1ccc(Cl)s1)C(C)N. The highest BCUT2D eigenvalue weighted by molar-refractivity contribution is 7.16. The summed E-state index contributed by atoms with van der Waals surface area (Å²) in [6, 6.07) is 10.2. The first-order valence-electron chi connectivity index (χ1n) is 6.76. The Kier molecular flexibility index (Phi) is 5.54. The molecule has 0 fully saturated rings. The van der Waals surface area contributed by atoms with Gasteiger partial charge in [-0.1, -0.05) is 24.6 Å². The topological polar surface area (TPSA) is 42.2 Å². The largest absolute Gasteiger partial charge is 0.326 e. The standard InChI is InChI=1S/C15H20ClN3S/c1-3-19(10-12-6-4-5-9-18-12)15(11(2)17)13-7-8-14(16)20-13/h4-9,11,15H,3,10,17H2,1-2H3. The van der Waals surface area contributed by atoms with Crippen LogP contribution < -0.4 is 5.73 Å². The van der Waals surface area contributed by atoms with Crippen molar-refractivity contribution in [1.82, 2.24) is 9.88 Å². The Morgan fingerprint density at radius 1 is 1.35 bits per heavy atom. The first-order valence-corrected chi connectivity index (χ1v) is 7.96. The quantitative estimate of drug-likeness (QED) is 0.884. The number of nitrogens with two attached hydrogens (primary N) is 1. The molecule has 2 atom stereocenters. The minimum absolute atomic E-state index is 0.0355. The molecule has 2 heterocycles. The van der Waals surface area contributed by atoms with Gasteiger partial charge in [0, 0.05) is 23.7 Å². The molecule has 0 saturated carbocycles. The summed E-state index contributed by atoms with van der Waals surface area (Å²) in [6.45, 7) is 5.89. The number of pyridine rings is 1. The van der Waals surface area contributed by atoms with Gasteiger partial charge in [0.05, 0.1) is 16.1 Å². The molecule has 108 valence electrons. The Bertz CT molecular complexity index is 527. The Morgan fingerprint density at radius 3 is 2.65 bits per heavy atom. The van der Waals surface area contributed by atoms with Gasteiger partial charge in [-0.15, -0.1) is 11.3 Å². The lowest BCUT2D eigenvalue weighted by Gasteiger charge is -2.32. The van der Waals surface area contributed by atoms with Gasteiger partial charge < -0.3 is 5.73 Å². The number of rotatable bonds is 6. The monoisotopic (exact) mass is 309 g/mol. The molecular formula is C15H20ClN3S. The zero-order valence-corrected chi connectivity index (χ0v) is 13.4. The van der Waals surface area contributed by atoms with Crippen LogP contribution in [0.3, 0.4) is 0 Å². The Hall–Kier alpha value is -0.940. The molecule has 2 unspecified atom stereocenters. The number of likely N-dealkylation sites (N-methyl/N-ethyl adjacent to an activating group) is 1. The minimum Gasteiger partial charge on any atom is -0.326 e. The third kappa shape index (κ3) is 3.79. The lowest BCUT2D eigenvalue weighted by atomic mass is 10.1. The molecule has 0 aliphatic carbocycles. The molecule has 2 aromatic heterocycles. The van der Waals surface area contributed by atoms with Crippen molar-refractivity contribution in [3.63, 3.8) is 0 Å². The third-order valence-corrected chi connectivity index (χ3v) is 4.58. The van der Waals surface area contributed by atoms with E-state index in [1.807, 2.05) is 37.4 Å². The predicted molar refractivity (Wildman–Crippen MR) is 86.0 cm³/mol. The molecule has 0 amide bonds. The van der Waals surface area contributed by atoms with E-state index in [1.165, 1.54) is 4.88 Å². The maximum Gasteiger partial charge on any atom is 0.0931 e. The molecule has 0 bridgehead atoms. The van der Waals surface area contributed by atoms with Crippen molar-refractivity contribution < 1.29 is 0 Å². The molecule has 0 aliphatic rings. The molecule has 20 heavy (non-hydrogen) atoms. The number of hydrogen-bond donors (Lipinski definition) is 1. The van der Waals surface area contributed by atoms with Gasteiger partial charge in [0.1, 0.15) is 0 Å². The van der Waals surface area contributed by atoms with Gasteiger partial charge in [-0.25, -0.2) is 0 Å². The van der Waals surface area contributed by atoms with E-state index in [-0.39, 0.29) is 12.1 Å². The summed E-state index contributed by atoms with van der Waals surface area (Å²) in [5.74, 6) is 0. The van der Waals surface area contributed by atoms with Crippen LogP contribution in [0.25, 0.3) is 0 Å². The van der Waals surface area contributed by atoms with E-state index in [4.69, 9.17) is 17.3 Å². The van der Waals surface area contributed by atoms with Gasteiger partial charge in [-0.3, -0.25) is 9.88 Å². The van der Waals surface area contributed by atoms with E-state index in [0.717, 1.165) is 23.1 Å². The first kappa shape index (κ1) is 15.4. The zero-order chi connectivity index (χ0) is 14.5. The number of aromatic nitrogens is 1. The van der Waals surface area contributed by atoms with Gasteiger partial charge in [-0.2, -0.15) is 0 Å². The molecule has 2 N–H and O–H groups in total. The Balaban J connectivity index is 2.22. The molecule has 0 radical (unpaired) electrons. The van der Waals surface area contributed by atoms with Crippen molar-refractivity contribution in [2.75, 3.05) is 6.54 Å². The van der Waals surface area contributed by atoms with Crippen molar-refractivity contribution in [2.24, 2.45) is 5.73 Å².